The van der Waals surface area contributed by atoms with Gasteiger partial charge in [0.2, 0.25) is 0 Å². The molecule has 6 heteroatoms. The maximum absolute atomic E-state index is 12.9. The summed E-state index contributed by atoms with van der Waals surface area (Å²) in [5, 5.41) is 2.66. The van der Waals surface area contributed by atoms with Gasteiger partial charge in [-0.1, -0.05) is 0 Å². The highest BCUT2D eigenvalue weighted by atomic mass is 79.9. The highest BCUT2D eigenvalue weighted by molar-refractivity contribution is 9.10. The van der Waals surface area contributed by atoms with E-state index < -0.39 is 11.7 Å². The van der Waals surface area contributed by atoms with Crippen molar-refractivity contribution in [3.63, 3.8) is 0 Å². The molecule has 98 valence electrons. The molecule has 0 spiro atoms. The second-order valence-electron chi connectivity index (χ2n) is 4.02. The van der Waals surface area contributed by atoms with Crippen molar-refractivity contribution in [3.05, 3.63) is 52.0 Å². The van der Waals surface area contributed by atoms with Crippen LogP contribution in [-0.4, -0.2) is 10.9 Å². The predicted octanol–water partition coefficient (Wildman–Crippen LogP) is 3.13. The zero-order valence-corrected chi connectivity index (χ0v) is 11.7. The molecule has 0 saturated heterocycles. The molecule has 1 aromatic carbocycles. The summed E-state index contributed by atoms with van der Waals surface area (Å²) in [4.78, 5) is 16.1. The number of benzene rings is 1. The SMILES string of the molecule is Cc1cc(NC(=O)c2ccc(F)cc2N)cnc1Br. The quantitative estimate of drug-likeness (QED) is 0.659. The van der Waals surface area contributed by atoms with Gasteiger partial charge < -0.3 is 11.1 Å². The van der Waals surface area contributed by atoms with Crippen LogP contribution in [0.2, 0.25) is 0 Å². The Morgan fingerprint density at radius 2 is 2.16 bits per heavy atom. The first-order valence-corrected chi connectivity index (χ1v) is 6.25. The molecule has 0 aliphatic rings. The molecule has 2 rings (SSSR count). The molecule has 1 heterocycles. The van der Waals surface area contributed by atoms with E-state index >= 15 is 0 Å². The van der Waals surface area contributed by atoms with Crippen molar-refractivity contribution >= 4 is 33.2 Å². The van der Waals surface area contributed by atoms with E-state index in [1.807, 2.05) is 6.92 Å². The lowest BCUT2D eigenvalue weighted by Crippen LogP contribution is -2.14. The van der Waals surface area contributed by atoms with Gasteiger partial charge in [0.05, 0.1) is 17.4 Å². The molecular formula is C13H11BrFN3O. The molecule has 0 aliphatic heterocycles. The second kappa shape index (κ2) is 5.36. The van der Waals surface area contributed by atoms with Crippen LogP contribution in [0.15, 0.2) is 35.1 Å². The van der Waals surface area contributed by atoms with Gasteiger partial charge in [-0.3, -0.25) is 4.79 Å². The van der Waals surface area contributed by atoms with E-state index in [0.29, 0.717) is 10.3 Å². The van der Waals surface area contributed by atoms with Gasteiger partial charge in [-0.15, -0.1) is 0 Å². The number of aromatic nitrogens is 1. The van der Waals surface area contributed by atoms with Crippen molar-refractivity contribution in [2.24, 2.45) is 0 Å². The van der Waals surface area contributed by atoms with E-state index in [9.17, 15) is 9.18 Å². The predicted molar refractivity (Wildman–Crippen MR) is 75.4 cm³/mol. The van der Waals surface area contributed by atoms with Gasteiger partial charge in [0.1, 0.15) is 10.4 Å². The summed E-state index contributed by atoms with van der Waals surface area (Å²) < 4.78 is 13.6. The fraction of sp³-hybridized carbons (Fsp3) is 0.0769. The Hall–Kier alpha value is -1.95. The summed E-state index contributed by atoms with van der Waals surface area (Å²) in [5.74, 6) is -0.878. The number of aryl methyl sites for hydroxylation is 1. The van der Waals surface area contributed by atoms with Gasteiger partial charge in [-0.25, -0.2) is 9.37 Å². The molecule has 1 aromatic heterocycles. The Bertz CT molecular complexity index is 646. The summed E-state index contributed by atoms with van der Waals surface area (Å²) in [6, 6.07) is 5.42. The van der Waals surface area contributed by atoms with Crippen molar-refractivity contribution in [2.75, 3.05) is 11.1 Å². The summed E-state index contributed by atoms with van der Waals surface area (Å²) >= 11 is 3.27. The van der Waals surface area contributed by atoms with Crippen LogP contribution >= 0.6 is 15.9 Å². The van der Waals surface area contributed by atoms with Crippen molar-refractivity contribution in [3.8, 4) is 0 Å². The van der Waals surface area contributed by atoms with Crippen molar-refractivity contribution in [2.45, 2.75) is 6.92 Å². The number of hydrogen-bond acceptors (Lipinski definition) is 3. The number of carbonyl (C=O) groups excluding carboxylic acids is 1. The Balaban J connectivity index is 2.23. The standard InChI is InChI=1S/C13H11BrFN3O/c1-7-4-9(6-17-12(7)14)18-13(19)10-3-2-8(15)5-11(10)16/h2-6H,16H2,1H3,(H,18,19). The number of rotatable bonds is 2. The van der Waals surface area contributed by atoms with E-state index in [-0.39, 0.29) is 11.3 Å². The van der Waals surface area contributed by atoms with Crippen LogP contribution in [0, 0.1) is 12.7 Å². The van der Waals surface area contributed by atoms with Gasteiger partial charge in [0, 0.05) is 5.69 Å². The Labute approximate surface area is 118 Å². The number of halogens is 2. The highest BCUT2D eigenvalue weighted by Gasteiger charge is 2.11. The lowest BCUT2D eigenvalue weighted by Gasteiger charge is -2.08. The van der Waals surface area contributed by atoms with Crippen LogP contribution in [0.25, 0.3) is 0 Å². The van der Waals surface area contributed by atoms with Crippen LogP contribution in [0.3, 0.4) is 0 Å². The largest absolute Gasteiger partial charge is 0.398 e. The maximum Gasteiger partial charge on any atom is 0.257 e. The van der Waals surface area contributed by atoms with Crippen LogP contribution < -0.4 is 11.1 Å². The lowest BCUT2D eigenvalue weighted by atomic mass is 10.1. The Morgan fingerprint density at radius 1 is 1.42 bits per heavy atom. The number of nitrogens with zero attached hydrogens (tertiary/aromatic N) is 1. The number of anilines is 2. The molecule has 19 heavy (non-hydrogen) atoms. The Kier molecular flexibility index (Phi) is 3.80. The van der Waals surface area contributed by atoms with E-state index in [4.69, 9.17) is 5.73 Å². The fourth-order valence-corrected chi connectivity index (χ4v) is 1.78. The van der Waals surface area contributed by atoms with Gasteiger partial charge in [-0.2, -0.15) is 0 Å². The smallest absolute Gasteiger partial charge is 0.257 e. The number of carbonyl (C=O) groups is 1. The normalized spacial score (nSPS) is 10.3. The molecule has 0 radical (unpaired) electrons. The molecule has 3 N–H and O–H groups in total. The van der Waals surface area contributed by atoms with E-state index in [0.717, 1.165) is 11.6 Å². The van der Waals surface area contributed by atoms with Gasteiger partial charge in [-0.05, 0) is 52.7 Å². The second-order valence-corrected chi connectivity index (χ2v) is 4.77. The molecular weight excluding hydrogens is 313 g/mol. The van der Waals surface area contributed by atoms with E-state index in [2.05, 4.69) is 26.2 Å². The third-order valence-corrected chi connectivity index (χ3v) is 3.36. The average Bonchev–Trinajstić information content (AvgIpc) is 2.33. The van der Waals surface area contributed by atoms with Crippen LogP contribution in [0.4, 0.5) is 15.8 Å². The number of pyridine rings is 1. The van der Waals surface area contributed by atoms with Crippen molar-refractivity contribution in [1.29, 1.82) is 0 Å². The molecule has 0 aliphatic carbocycles. The summed E-state index contributed by atoms with van der Waals surface area (Å²) in [6.07, 6.45) is 1.52. The minimum Gasteiger partial charge on any atom is -0.398 e. The zero-order valence-electron chi connectivity index (χ0n) is 10.1. The molecule has 4 nitrogen and oxygen atoms in total. The molecule has 0 saturated carbocycles. The topological polar surface area (TPSA) is 68.0 Å². The monoisotopic (exact) mass is 323 g/mol. The lowest BCUT2D eigenvalue weighted by molar-refractivity contribution is 0.102. The molecule has 1 amide bonds. The van der Waals surface area contributed by atoms with Crippen molar-refractivity contribution < 1.29 is 9.18 Å². The first-order valence-electron chi connectivity index (χ1n) is 5.46. The molecule has 0 unspecified atom stereocenters. The highest BCUT2D eigenvalue weighted by Crippen LogP contribution is 2.19. The van der Waals surface area contributed by atoms with Crippen LogP contribution in [0.1, 0.15) is 15.9 Å². The average molecular weight is 324 g/mol. The molecule has 2 aromatic rings. The maximum atomic E-state index is 12.9. The summed E-state index contributed by atoms with van der Waals surface area (Å²) in [7, 11) is 0. The number of nitrogen functional groups attached to an aromatic ring is 1. The summed E-state index contributed by atoms with van der Waals surface area (Å²) in [5.41, 5.74) is 7.37. The summed E-state index contributed by atoms with van der Waals surface area (Å²) in [6.45, 7) is 1.86. The number of nitrogens with two attached hydrogens (primary N) is 1. The molecule has 0 atom stereocenters. The van der Waals surface area contributed by atoms with E-state index in [1.54, 1.807) is 6.07 Å². The minimum absolute atomic E-state index is 0.0966. The fourth-order valence-electron chi connectivity index (χ4n) is 1.57. The van der Waals surface area contributed by atoms with E-state index in [1.165, 1.54) is 18.3 Å². The first-order chi connectivity index (χ1) is 8.97. The van der Waals surface area contributed by atoms with Crippen LogP contribution in [-0.2, 0) is 0 Å². The van der Waals surface area contributed by atoms with Gasteiger partial charge >= 0.3 is 0 Å². The van der Waals surface area contributed by atoms with Crippen molar-refractivity contribution in [1.82, 2.24) is 4.98 Å². The van der Waals surface area contributed by atoms with Crippen LogP contribution in [0.5, 0.6) is 0 Å². The molecule has 0 bridgehead atoms. The van der Waals surface area contributed by atoms with Gasteiger partial charge in [0.15, 0.2) is 0 Å². The third kappa shape index (κ3) is 3.08. The number of amides is 1. The number of hydrogen-bond donors (Lipinski definition) is 2. The Morgan fingerprint density at radius 3 is 2.79 bits per heavy atom. The van der Waals surface area contributed by atoms with Gasteiger partial charge in [0.25, 0.3) is 5.91 Å². The first kappa shape index (κ1) is 13.5. The molecule has 0 fully saturated rings. The number of nitrogens with one attached hydrogen (secondary N) is 1. The third-order valence-electron chi connectivity index (χ3n) is 2.53. The zero-order chi connectivity index (χ0) is 14.0. The minimum atomic E-state index is -0.477.